The fourth-order valence-corrected chi connectivity index (χ4v) is 5.73. The second-order valence-corrected chi connectivity index (χ2v) is 11.4. The number of piperidine rings is 1. The van der Waals surface area contributed by atoms with E-state index < -0.39 is 27.8 Å². The number of amides is 1. The van der Waals surface area contributed by atoms with Gasteiger partial charge in [0.05, 0.1) is 42.7 Å². The van der Waals surface area contributed by atoms with Crippen molar-refractivity contribution in [3.63, 3.8) is 0 Å². The summed E-state index contributed by atoms with van der Waals surface area (Å²) in [6.07, 6.45) is 3.55. The summed E-state index contributed by atoms with van der Waals surface area (Å²) in [4.78, 5) is 29.3. The quantitative estimate of drug-likeness (QED) is 0.342. The number of aliphatic hydroxyl groups is 1. The summed E-state index contributed by atoms with van der Waals surface area (Å²) < 4.78 is 25.9. The number of aliphatic hydroxyl groups excluding tert-OH is 1. The third-order valence-electron chi connectivity index (χ3n) is 6.83. The van der Waals surface area contributed by atoms with Gasteiger partial charge in [-0.2, -0.15) is 0 Å². The maximum absolute atomic E-state index is 13.2. The lowest BCUT2D eigenvalue weighted by molar-refractivity contribution is -0.904. The molecular weight excluding hydrogens is 466 g/mol. The Morgan fingerprint density at radius 3 is 2.23 bits per heavy atom. The Hall–Kier alpha value is -3.01. The lowest BCUT2D eigenvalue weighted by atomic mass is 9.95. The van der Waals surface area contributed by atoms with Crippen molar-refractivity contribution >= 4 is 27.5 Å². The average Bonchev–Trinajstić information content (AvgIpc) is 3.13. The van der Waals surface area contributed by atoms with E-state index in [2.05, 4.69) is 0 Å². The number of hydrogen-bond acceptors (Lipinski definition) is 5. The molecule has 2 aromatic carbocycles. The number of benzene rings is 2. The summed E-state index contributed by atoms with van der Waals surface area (Å²) in [6, 6.07) is 14.2. The van der Waals surface area contributed by atoms with Crippen LogP contribution in [0.4, 0.5) is 0 Å². The Kier molecular flexibility index (Phi) is 7.39. The molecule has 4 rings (SSSR count). The standard InChI is InChI=1S/C26H31N3O5S/c1-27(2)35(33,34)21-13-11-20(12-14-21)24(30)22-23(19-9-5-3-6-10-19)29(26(32)25(22)31)18-17-28-15-7-4-8-16-28/h3,5-6,9-14,23,30H,4,7-8,15-18H2,1-2H3/p+1/t23-/m0/s1. The highest BCUT2D eigenvalue weighted by Gasteiger charge is 2.46. The van der Waals surface area contributed by atoms with E-state index in [1.165, 1.54) is 49.7 Å². The Labute approximate surface area is 206 Å². The van der Waals surface area contributed by atoms with Crippen LogP contribution in [0.2, 0.25) is 0 Å². The van der Waals surface area contributed by atoms with Crippen molar-refractivity contribution in [2.45, 2.75) is 30.2 Å². The molecule has 0 saturated carbocycles. The number of carbonyl (C=O) groups is 2. The molecule has 2 aromatic rings. The molecule has 2 heterocycles. The molecular formula is C26H32N3O5S+. The van der Waals surface area contributed by atoms with Crippen molar-refractivity contribution in [3.05, 3.63) is 71.3 Å². The van der Waals surface area contributed by atoms with E-state index in [1.54, 1.807) is 4.90 Å². The van der Waals surface area contributed by atoms with E-state index in [9.17, 15) is 23.1 Å². The second-order valence-electron chi connectivity index (χ2n) is 9.28. The third-order valence-corrected chi connectivity index (χ3v) is 8.66. The van der Waals surface area contributed by atoms with Gasteiger partial charge < -0.3 is 14.9 Å². The molecule has 186 valence electrons. The van der Waals surface area contributed by atoms with Crippen LogP contribution in [0.3, 0.4) is 0 Å². The van der Waals surface area contributed by atoms with Gasteiger partial charge in [0, 0.05) is 19.7 Å². The molecule has 8 nitrogen and oxygen atoms in total. The molecule has 2 saturated heterocycles. The Balaban J connectivity index is 1.71. The number of rotatable bonds is 7. The molecule has 0 bridgehead atoms. The first-order chi connectivity index (χ1) is 16.7. The second kappa shape index (κ2) is 10.3. The van der Waals surface area contributed by atoms with Gasteiger partial charge in [0.2, 0.25) is 10.0 Å². The normalized spacial score (nSPS) is 21.1. The monoisotopic (exact) mass is 498 g/mol. The number of nitrogens with zero attached hydrogens (tertiary/aromatic N) is 2. The summed E-state index contributed by atoms with van der Waals surface area (Å²) in [7, 11) is -0.753. The molecule has 2 fully saturated rings. The van der Waals surface area contributed by atoms with E-state index in [0.717, 1.165) is 42.3 Å². The zero-order valence-corrected chi connectivity index (χ0v) is 20.9. The van der Waals surface area contributed by atoms with E-state index >= 15 is 0 Å². The first-order valence-corrected chi connectivity index (χ1v) is 13.4. The number of ketones is 1. The minimum Gasteiger partial charge on any atom is -0.507 e. The predicted octanol–water partition coefficient (Wildman–Crippen LogP) is 1.43. The Morgan fingerprint density at radius 2 is 1.63 bits per heavy atom. The number of sulfonamides is 1. The van der Waals surface area contributed by atoms with Crippen LogP contribution in [0.15, 0.2) is 65.1 Å². The molecule has 35 heavy (non-hydrogen) atoms. The van der Waals surface area contributed by atoms with Crippen molar-refractivity contribution in [1.82, 2.24) is 9.21 Å². The summed E-state index contributed by atoms with van der Waals surface area (Å²) in [6.45, 7) is 3.27. The fourth-order valence-electron chi connectivity index (χ4n) is 4.82. The topological polar surface area (TPSA) is 99.4 Å². The highest BCUT2D eigenvalue weighted by Crippen LogP contribution is 2.39. The van der Waals surface area contributed by atoms with Crippen molar-refractivity contribution in [3.8, 4) is 0 Å². The van der Waals surface area contributed by atoms with Gasteiger partial charge in [-0.25, -0.2) is 12.7 Å². The lowest BCUT2D eigenvalue weighted by Gasteiger charge is -2.29. The molecule has 2 N–H and O–H groups in total. The maximum atomic E-state index is 13.2. The van der Waals surface area contributed by atoms with Gasteiger partial charge in [0.15, 0.2) is 0 Å². The first-order valence-electron chi connectivity index (χ1n) is 11.9. The molecule has 1 amide bonds. The lowest BCUT2D eigenvalue weighted by Crippen LogP contribution is -3.13. The molecule has 0 radical (unpaired) electrons. The van der Waals surface area contributed by atoms with E-state index in [0.29, 0.717) is 6.54 Å². The molecule has 0 aliphatic carbocycles. The van der Waals surface area contributed by atoms with Crippen LogP contribution < -0.4 is 4.90 Å². The molecule has 0 spiro atoms. The number of likely N-dealkylation sites (tertiary alicyclic amines) is 2. The maximum Gasteiger partial charge on any atom is 0.295 e. The van der Waals surface area contributed by atoms with Crippen molar-refractivity contribution in [2.24, 2.45) is 0 Å². The van der Waals surface area contributed by atoms with Gasteiger partial charge in [-0.1, -0.05) is 30.3 Å². The third kappa shape index (κ3) is 5.03. The fraction of sp³-hybridized carbons (Fsp3) is 0.385. The minimum atomic E-state index is -3.63. The van der Waals surface area contributed by atoms with Crippen LogP contribution in [0, 0.1) is 0 Å². The average molecular weight is 499 g/mol. The van der Waals surface area contributed by atoms with Crippen molar-refractivity contribution in [2.75, 3.05) is 40.3 Å². The molecule has 0 aromatic heterocycles. The van der Waals surface area contributed by atoms with Crippen LogP contribution in [0.5, 0.6) is 0 Å². The summed E-state index contributed by atoms with van der Waals surface area (Å²) in [5, 5.41) is 11.2. The predicted molar refractivity (Wildman–Crippen MR) is 132 cm³/mol. The van der Waals surface area contributed by atoms with Crippen LogP contribution in [0.25, 0.3) is 5.76 Å². The largest absolute Gasteiger partial charge is 0.507 e. The van der Waals surface area contributed by atoms with Gasteiger partial charge in [-0.15, -0.1) is 0 Å². The van der Waals surface area contributed by atoms with Gasteiger partial charge in [0.25, 0.3) is 11.7 Å². The van der Waals surface area contributed by atoms with Crippen LogP contribution in [-0.4, -0.2) is 74.7 Å². The smallest absolute Gasteiger partial charge is 0.295 e. The summed E-state index contributed by atoms with van der Waals surface area (Å²) in [5.41, 5.74) is 1.05. The highest BCUT2D eigenvalue weighted by atomic mass is 32.2. The molecule has 2 aliphatic rings. The zero-order chi connectivity index (χ0) is 25.2. The van der Waals surface area contributed by atoms with Crippen molar-refractivity contribution in [1.29, 1.82) is 0 Å². The SMILES string of the molecule is CN(C)S(=O)(=O)c1ccc(C(O)=C2C(=O)C(=O)N(CC[NH+]3CCCCC3)[C@H]2c2ccccc2)cc1. The number of quaternary nitrogens is 1. The van der Waals surface area contributed by atoms with E-state index in [1.807, 2.05) is 30.3 Å². The van der Waals surface area contributed by atoms with Gasteiger partial charge in [-0.3, -0.25) is 9.59 Å². The molecule has 9 heteroatoms. The van der Waals surface area contributed by atoms with Gasteiger partial charge in [0.1, 0.15) is 5.76 Å². The summed E-state index contributed by atoms with van der Waals surface area (Å²) >= 11 is 0. The zero-order valence-electron chi connectivity index (χ0n) is 20.1. The number of Topliss-reactive ketones (excluding diaryl/α,β-unsaturated/α-hetero) is 1. The summed E-state index contributed by atoms with van der Waals surface area (Å²) in [5.74, 6) is -1.66. The number of carbonyl (C=O) groups excluding carboxylic acids is 2. The first kappa shape index (κ1) is 25.1. The molecule has 0 unspecified atom stereocenters. The highest BCUT2D eigenvalue weighted by molar-refractivity contribution is 7.89. The number of nitrogens with one attached hydrogen (secondary N) is 1. The van der Waals surface area contributed by atoms with Gasteiger partial charge in [-0.05, 0) is 49.1 Å². The van der Waals surface area contributed by atoms with E-state index in [4.69, 9.17) is 0 Å². The minimum absolute atomic E-state index is 0.0260. The van der Waals surface area contributed by atoms with Gasteiger partial charge >= 0.3 is 0 Å². The Morgan fingerprint density at radius 1 is 1.00 bits per heavy atom. The van der Waals surface area contributed by atoms with Crippen LogP contribution >= 0.6 is 0 Å². The Bertz CT molecular complexity index is 1220. The van der Waals surface area contributed by atoms with Crippen molar-refractivity contribution < 1.29 is 28.0 Å². The van der Waals surface area contributed by atoms with Crippen LogP contribution in [-0.2, 0) is 19.6 Å². The molecule has 1 atom stereocenters. The molecule has 2 aliphatic heterocycles. The van der Waals surface area contributed by atoms with E-state index in [-0.39, 0.29) is 21.8 Å². The number of hydrogen-bond donors (Lipinski definition) is 2. The van der Waals surface area contributed by atoms with Crippen LogP contribution in [0.1, 0.15) is 36.4 Å².